The van der Waals surface area contributed by atoms with Crippen LogP contribution in [0.5, 0.6) is 0 Å². The molecule has 1 atom stereocenters. The summed E-state index contributed by atoms with van der Waals surface area (Å²) in [6.45, 7) is 1.34. The third-order valence-electron chi connectivity index (χ3n) is 2.87. The molecule has 1 saturated carbocycles. The molecule has 8 nitrogen and oxygen atoms in total. The first-order valence-electron chi connectivity index (χ1n) is 6.56. The summed E-state index contributed by atoms with van der Waals surface area (Å²) in [7, 11) is 0. The third-order valence-corrected chi connectivity index (χ3v) is 2.87. The largest absolute Gasteiger partial charge is 0.480 e. The molecule has 0 saturated heterocycles. The van der Waals surface area contributed by atoms with Crippen molar-refractivity contribution in [2.45, 2.75) is 38.3 Å². The molecular formula is C12H20N2O6. The second kappa shape index (κ2) is 7.68. The smallest absolute Gasteiger partial charge is 0.326 e. The first-order valence-corrected chi connectivity index (χ1v) is 6.56. The monoisotopic (exact) mass is 288 g/mol. The van der Waals surface area contributed by atoms with Gasteiger partial charge in [0, 0.05) is 19.1 Å². The first kappa shape index (κ1) is 16.2. The van der Waals surface area contributed by atoms with Gasteiger partial charge in [-0.15, -0.1) is 0 Å². The van der Waals surface area contributed by atoms with Crippen molar-refractivity contribution in [3.8, 4) is 0 Å². The Bertz CT molecular complexity index is 369. The Labute approximate surface area is 116 Å². The van der Waals surface area contributed by atoms with Crippen LogP contribution in [-0.2, 0) is 14.3 Å². The summed E-state index contributed by atoms with van der Waals surface area (Å²) in [5.74, 6) is -1.75. The number of hydrogen-bond donors (Lipinski definition) is 3. The van der Waals surface area contributed by atoms with E-state index in [1.54, 1.807) is 6.92 Å². The molecule has 0 aromatic rings. The minimum atomic E-state index is -1.22. The molecule has 114 valence electrons. The van der Waals surface area contributed by atoms with Gasteiger partial charge in [0.05, 0.1) is 6.61 Å². The van der Waals surface area contributed by atoms with Gasteiger partial charge in [-0.3, -0.25) is 4.79 Å². The number of urea groups is 1. The van der Waals surface area contributed by atoms with Crippen molar-refractivity contribution in [2.75, 3.05) is 19.8 Å². The molecular weight excluding hydrogens is 268 g/mol. The van der Waals surface area contributed by atoms with Crippen LogP contribution in [0.15, 0.2) is 0 Å². The number of carbonyl (C=O) groups excluding carboxylic acids is 2. The number of carbonyl (C=O) groups is 3. The van der Waals surface area contributed by atoms with Crippen LogP contribution in [0.1, 0.15) is 26.2 Å². The Hall–Kier alpha value is -1.83. The van der Waals surface area contributed by atoms with E-state index in [1.807, 2.05) is 0 Å². The van der Waals surface area contributed by atoms with Crippen molar-refractivity contribution in [2.24, 2.45) is 0 Å². The summed E-state index contributed by atoms with van der Waals surface area (Å²) in [5.41, 5.74) is 0. The summed E-state index contributed by atoms with van der Waals surface area (Å²) < 4.78 is 4.78. The van der Waals surface area contributed by atoms with Crippen molar-refractivity contribution >= 4 is 18.0 Å². The highest BCUT2D eigenvalue weighted by Gasteiger charge is 2.35. The van der Waals surface area contributed by atoms with Crippen LogP contribution in [0, 0.1) is 0 Å². The third kappa shape index (κ3) is 5.04. The molecule has 1 aliphatic carbocycles. The maximum absolute atomic E-state index is 12.0. The van der Waals surface area contributed by atoms with Crippen molar-refractivity contribution < 1.29 is 29.3 Å². The molecule has 1 unspecified atom stereocenters. The predicted octanol–water partition coefficient (Wildman–Crippen LogP) is -0.441. The van der Waals surface area contributed by atoms with Gasteiger partial charge >= 0.3 is 18.0 Å². The molecule has 0 bridgehead atoms. The van der Waals surface area contributed by atoms with E-state index < -0.39 is 24.0 Å². The second-order valence-corrected chi connectivity index (χ2v) is 4.52. The summed E-state index contributed by atoms with van der Waals surface area (Å²) in [6, 6.07) is -1.85. The quantitative estimate of drug-likeness (QED) is 0.521. The fraction of sp³-hybridized carbons (Fsp3) is 0.750. The fourth-order valence-electron chi connectivity index (χ4n) is 1.72. The fourth-order valence-corrected chi connectivity index (χ4v) is 1.72. The van der Waals surface area contributed by atoms with E-state index in [1.165, 1.54) is 4.90 Å². The summed E-state index contributed by atoms with van der Waals surface area (Å²) in [5, 5.41) is 20.0. The van der Waals surface area contributed by atoms with Gasteiger partial charge in [0.25, 0.3) is 0 Å². The molecule has 0 aromatic heterocycles. The molecule has 2 amide bonds. The molecule has 1 rings (SSSR count). The highest BCUT2D eigenvalue weighted by molar-refractivity contribution is 5.85. The van der Waals surface area contributed by atoms with Crippen LogP contribution in [0.4, 0.5) is 4.79 Å². The van der Waals surface area contributed by atoms with Crippen LogP contribution in [0.3, 0.4) is 0 Å². The Kier molecular flexibility index (Phi) is 6.23. The number of nitrogens with zero attached hydrogens (tertiary/aromatic N) is 1. The number of nitrogens with one attached hydrogen (secondary N) is 1. The van der Waals surface area contributed by atoms with E-state index in [0.717, 1.165) is 12.8 Å². The van der Waals surface area contributed by atoms with Gasteiger partial charge in [0.1, 0.15) is 12.6 Å². The number of carboxylic acid groups (broad SMARTS) is 1. The standard InChI is InChI=1S/C12H20N2O6/c1-2-20-10(16)7-14(8-3-4-8)12(19)13-9(5-6-15)11(17)18/h8-9,15H,2-7H2,1H3,(H,13,19)(H,17,18). The van der Waals surface area contributed by atoms with Gasteiger partial charge in [0.2, 0.25) is 0 Å². The number of aliphatic hydroxyl groups excluding tert-OH is 1. The Morgan fingerprint density at radius 3 is 2.50 bits per heavy atom. The van der Waals surface area contributed by atoms with Gasteiger partial charge in [-0.2, -0.15) is 0 Å². The maximum atomic E-state index is 12.0. The van der Waals surface area contributed by atoms with Crippen LogP contribution >= 0.6 is 0 Å². The zero-order valence-corrected chi connectivity index (χ0v) is 11.4. The van der Waals surface area contributed by atoms with Gasteiger partial charge in [-0.1, -0.05) is 0 Å². The lowest BCUT2D eigenvalue weighted by Crippen LogP contribution is -2.50. The molecule has 8 heteroatoms. The van der Waals surface area contributed by atoms with E-state index in [9.17, 15) is 14.4 Å². The lowest BCUT2D eigenvalue weighted by Gasteiger charge is -2.24. The van der Waals surface area contributed by atoms with E-state index >= 15 is 0 Å². The highest BCUT2D eigenvalue weighted by Crippen LogP contribution is 2.26. The van der Waals surface area contributed by atoms with E-state index in [4.69, 9.17) is 14.9 Å². The minimum Gasteiger partial charge on any atom is -0.480 e. The maximum Gasteiger partial charge on any atom is 0.326 e. The summed E-state index contributed by atoms with van der Waals surface area (Å²) in [6.07, 6.45) is 1.48. The van der Waals surface area contributed by atoms with E-state index in [0.29, 0.717) is 0 Å². The number of carboxylic acids is 1. The Morgan fingerprint density at radius 2 is 2.05 bits per heavy atom. The number of aliphatic carboxylic acids is 1. The lowest BCUT2D eigenvalue weighted by atomic mass is 10.2. The molecule has 0 heterocycles. The van der Waals surface area contributed by atoms with Crippen LogP contribution in [0.25, 0.3) is 0 Å². The van der Waals surface area contributed by atoms with Crippen LogP contribution in [0.2, 0.25) is 0 Å². The average Bonchev–Trinajstić information content (AvgIpc) is 3.19. The van der Waals surface area contributed by atoms with Crippen LogP contribution in [-0.4, -0.2) is 64.9 Å². The Balaban J connectivity index is 2.59. The first-order chi connectivity index (χ1) is 9.49. The van der Waals surface area contributed by atoms with Crippen molar-refractivity contribution in [3.63, 3.8) is 0 Å². The Morgan fingerprint density at radius 1 is 1.40 bits per heavy atom. The van der Waals surface area contributed by atoms with Crippen molar-refractivity contribution in [3.05, 3.63) is 0 Å². The zero-order valence-electron chi connectivity index (χ0n) is 11.4. The van der Waals surface area contributed by atoms with Crippen molar-refractivity contribution in [1.29, 1.82) is 0 Å². The van der Waals surface area contributed by atoms with Gasteiger partial charge in [-0.05, 0) is 19.8 Å². The number of aliphatic hydroxyl groups is 1. The number of esters is 1. The van der Waals surface area contributed by atoms with Crippen LogP contribution < -0.4 is 5.32 Å². The molecule has 0 spiro atoms. The molecule has 1 fully saturated rings. The van der Waals surface area contributed by atoms with Gasteiger partial charge in [-0.25, -0.2) is 9.59 Å². The van der Waals surface area contributed by atoms with Gasteiger partial charge in [0.15, 0.2) is 0 Å². The van der Waals surface area contributed by atoms with Crippen molar-refractivity contribution in [1.82, 2.24) is 10.2 Å². The topological polar surface area (TPSA) is 116 Å². The molecule has 0 aliphatic heterocycles. The van der Waals surface area contributed by atoms with Gasteiger partial charge < -0.3 is 25.2 Å². The number of hydrogen-bond acceptors (Lipinski definition) is 5. The lowest BCUT2D eigenvalue weighted by molar-refractivity contribution is -0.143. The number of ether oxygens (including phenoxy) is 1. The zero-order chi connectivity index (χ0) is 15.1. The molecule has 3 N–H and O–H groups in total. The number of rotatable bonds is 8. The normalized spacial score (nSPS) is 15.3. The SMILES string of the molecule is CCOC(=O)CN(C(=O)NC(CCO)C(=O)O)C1CC1. The molecule has 1 aliphatic rings. The van der Waals surface area contributed by atoms with E-state index in [2.05, 4.69) is 5.32 Å². The molecule has 0 radical (unpaired) electrons. The summed E-state index contributed by atoms with van der Waals surface area (Å²) in [4.78, 5) is 35.7. The average molecular weight is 288 g/mol. The second-order valence-electron chi connectivity index (χ2n) is 4.52. The number of amides is 2. The molecule has 20 heavy (non-hydrogen) atoms. The minimum absolute atomic E-state index is 0.0528. The van der Waals surface area contributed by atoms with E-state index in [-0.39, 0.29) is 32.2 Å². The molecule has 0 aromatic carbocycles. The summed E-state index contributed by atoms with van der Waals surface area (Å²) >= 11 is 0. The highest BCUT2D eigenvalue weighted by atomic mass is 16.5. The predicted molar refractivity (Wildman–Crippen MR) is 68.0 cm³/mol.